The number of primary amides is 1. The minimum Gasteiger partial charge on any atom is -0.508 e. The molecule has 0 bridgehead atoms. The lowest BCUT2D eigenvalue weighted by Gasteiger charge is -2.29. The summed E-state index contributed by atoms with van der Waals surface area (Å²) in [4.78, 5) is 55.1. The van der Waals surface area contributed by atoms with E-state index in [-0.39, 0.29) is 30.9 Å². The van der Waals surface area contributed by atoms with Gasteiger partial charge in [0.1, 0.15) is 23.9 Å². The number of hydrogen-bond donors (Lipinski definition) is 5. The van der Waals surface area contributed by atoms with Gasteiger partial charge in [0, 0.05) is 19.4 Å². The minimum atomic E-state index is -1.03. The van der Waals surface area contributed by atoms with E-state index in [1.54, 1.807) is 12.1 Å². The van der Waals surface area contributed by atoms with Crippen LogP contribution in [0.1, 0.15) is 51.8 Å². The van der Waals surface area contributed by atoms with Crippen molar-refractivity contribution in [3.63, 3.8) is 0 Å². The second kappa shape index (κ2) is 15.1. The van der Waals surface area contributed by atoms with Crippen LogP contribution in [0.3, 0.4) is 0 Å². The van der Waals surface area contributed by atoms with Gasteiger partial charge in [-0.2, -0.15) is 0 Å². The number of carbonyl (C=O) groups is 4. The third-order valence-electron chi connectivity index (χ3n) is 8.89. The number of phenols is 1. The third kappa shape index (κ3) is 8.31. The topological polar surface area (TPSA) is 168 Å². The number of nitrogens with one attached hydrogen (secondary N) is 2. The number of hydrogen-bond acceptors (Lipinski definition) is 6. The largest absolute Gasteiger partial charge is 0.508 e. The van der Waals surface area contributed by atoms with Gasteiger partial charge in [-0.05, 0) is 98.0 Å². The number of nitrogens with two attached hydrogens (primary N) is 2. The second-order valence-corrected chi connectivity index (χ2v) is 12.3. The number of nitrogens with zero attached hydrogens (tertiary/aromatic N) is 1. The highest BCUT2D eigenvalue weighted by Gasteiger charge is 2.38. The van der Waals surface area contributed by atoms with Gasteiger partial charge in [-0.3, -0.25) is 19.2 Å². The summed E-state index contributed by atoms with van der Waals surface area (Å²) in [5, 5.41) is 15.6. The summed E-state index contributed by atoms with van der Waals surface area (Å²) < 4.78 is 0. The van der Waals surface area contributed by atoms with Crippen molar-refractivity contribution in [1.29, 1.82) is 0 Å². The van der Waals surface area contributed by atoms with Gasteiger partial charge in [-0.25, -0.2) is 0 Å². The van der Waals surface area contributed by atoms with Crippen molar-refractivity contribution in [2.75, 3.05) is 6.54 Å². The molecule has 7 N–H and O–H groups in total. The van der Waals surface area contributed by atoms with Crippen LogP contribution in [0.5, 0.6) is 5.75 Å². The molecule has 0 aromatic heterocycles. The fourth-order valence-electron chi connectivity index (χ4n) is 6.31. The molecule has 4 atom stereocenters. The molecule has 1 heterocycles. The van der Waals surface area contributed by atoms with E-state index in [1.165, 1.54) is 4.90 Å². The zero-order chi connectivity index (χ0) is 33.5. The maximum atomic E-state index is 13.8. The molecule has 1 fully saturated rings. The first kappa shape index (κ1) is 34.2. The molecule has 10 nitrogen and oxygen atoms in total. The lowest BCUT2D eigenvalue weighted by atomic mass is 9.95. The Balaban J connectivity index is 1.53. The third-order valence-corrected chi connectivity index (χ3v) is 8.89. The molecule has 3 aromatic carbocycles. The van der Waals surface area contributed by atoms with Crippen molar-refractivity contribution in [2.24, 2.45) is 11.5 Å². The molecule has 4 rings (SSSR count). The molecule has 1 saturated heterocycles. The number of rotatable bonds is 12. The van der Waals surface area contributed by atoms with E-state index >= 15 is 0 Å². The highest BCUT2D eigenvalue weighted by atomic mass is 16.3. The first-order chi connectivity index (χ1) is 21.8. The SMILES string of the molecule is Cc1cc(O)cc(C)c1CC(N)C(=O)N1CCCC1C(=O)NC(Cc1c(C)cccc1C)C(=O)NC(Cc1ccccc1)C(N)=O. The van der Waals surface area contributed by atoms with Gasteiger partial charge >= 0.3 is 0 Å². The summed E-state index contributed by atoms with van der Waals surface area (Å²) in [6.07, 6.45) is 1.69. The van der Waals surface area contributed by atoms with Crippen molar-refractivity contribution < 1.29 is 24.3 Å². The number of phenolic OH excluding ortho intramolecular Hbond substituents is 1. The van der Waals surface area contributed by atoms with Crippen molar-refractivity contribution in [1.82, 2.24) is 15.5 Å². The molecule has 0 radical (unpaired) electrons. The first-order valence-corrected chi connectivity index (χ1v) is 15.7. The van der Waals surface area contributed by atoms with E-state index in [4.69, 9.17) is 11.5 Å². The molecule has 0 saturated carbocycles. The highest BCUT2D eigenvalue weighted by Crippen LogP contribution is 2.24. The van der Waals surface area contributed by atoms with Gasteiger partial charge in [0.25, 0.3) is 0 Å². The second-order valence-electron chi connectivity index (χ2n) is 12.3. The number of benzene rings is 3. The normalized spacial score (nSPS) is 16.4. The monoisotopic (exact) mass is 627 g/mol. The van der Waals surface area contributed by atoms with Crippen LogP contribution in [0, 0.1) is 27.7 Å². The maximum Gasteiger partial charge on any atom is 0.243 e. The smallest absolute Gasteiger partial charge is 0.243 e. The molecule has 4 unspecified atom stereocenters. The van der Waals surface area contributed by atoms with E-state index in [2.05, 4.69) is 10.6 Å². The molecular formula is C36H45N5O5. The Kier molecular flexibility index (Phi) is 11.2. The predicted octanol–water partition coefficient (Wildman–Crippen LogP) is 2.43. The van der Waals surface area contributed by atoms with E-state index in [9.17, 15) is 24.3 Å². The van der Waals surface area contributed by atoms with Crippen LogP contribution in [0.4, 0.5) is 0 Å². The van der Waals surface area contributed by atoms with Crippen LogP contribution in [-0.4, -0.2) is 64.3 Å². The Hall–Kier alpha value is -4.70. The van der Waals surface area contributed by atoms with Crippen molar-refractivity contribution >= 4 is 23.6 Å². The fourth-order valence-corrected chi connectivity index (χ4v) is 6.31. The molecule has 244 valence electrons. The van der Waals surface area contributed by atoms with E-state index in [0.29, 0.717) is 19.4 Å². The average molecular weight is 628 g/mol. The predicted molar refractivity (Wildman–Crippen MR) is 177 cm³/mol. The van der Waals surface area contributed by atoms with Crippen molar-refractivity contribution in [3.05, 3.63) is 99.6 Å². The lowest BCUT2D eigenvalue weighted by molar-refractivity contribution is -0.140. The molecule has 0 spiro atoms. The van der Waals surface area contributed by atoms with E-state index in [1.807, 2.05) is 76.2 Å². The van der Waals surface area contributed by atoms with Crippen LogP contribution < -0.4 is 22.1 Å². The Morgan fingerprint density at radius 2 is 1.43 bits per heavy atom. The van der Waals surface area contributed by atoms with E-state index in [0.717, 1.165) is 38.9 Å². The molecule has 46 heavy (non-hydrogen) atoms. The Bertz CT molecular complexity index is 1550. The molecule has 1 aliphatic heterocycles. The number of carbonyl (C=O) groups excluding carboxylic acids is 4. The summed E-state index contributed by atoms with van der Waals surface area (Å²) >= 11 is 0. The van der Waals surface area contributed by atoms with E-state index < -0.39 is 41.9 Å². The summed E-state index contributed by atoms with van der Waals surface area (Å²) in [7, 11) is 0. The summed E-state index contributed by atoms with van der Waals surface area (Å²) in [6, 6.07) is 14.6. The van der Waals surface area contributed by atoms with Gasteiger partial charge in [0.2, 0.25) is 23.6 Å². The van der Waals surface area contributed by atoms with Crippen LogP contribution >= 0.6 is 0 Å². The number of amides is 4. The lowest BCUT2D eigenvalue weighted by Crippen LogP contribution is -2.58. The van der Waals surface area contributed by atoms with Gasteiger partial charge < -0.3 is 32.1 Å². The van der Waals surface area contributed by atoms with Gasteiger partial charge in [0.05, 0.1) is 6.04 Å². The van der Waals surface area contributed by atoms with Crippen LogP contribution in [-0.2, 0) is 38.4 Å². The van der Waals surface area contributed by atoms with Gasteiger partial charge in [-0.15, -0.1) is 0 Å². The highest BCUT2D eigenvalue weighted by molar-refractivity contribution is 5.95. The zero-order valence-corrected chi connectivity index (χ0v) is 27.0. The number of aromatic hydroxyl groups is 1. The Morgan fingerprint density at radius 3 is 2.04 bits per heavy atom. The molecule has 1 aliphatic rings. The Labute approximate surface area is 270 Å². The molecular weight excluding hydrogens is 582 g/mol. The molecule has 0 aliphatic carbocycles. The Morgan fingerprint density at radius 1 is 0.826 bits per heavy atom. The van der Waals surface area contributed by atoms with Crippen molar-refractivity contribution in [2.45, 2.75) is 84.0 Å². The average Bonchev–Trinajstić information content (AvgIpc) is 3.50. The maximum absolute atomic E-state index is 13.8. The fraction of sp³-hybridized carbons (Fsp3) is 0.389. The molecule has 4 amide bonds. The summed E-state index contributed by atoms with van der Waals surface area (Å²) in [5.74, 6) is -1.88. The van der Waals surface area contributed by atoms with Gasteiger partial charge in [0.15, 0.2) is 0 Å². The van der Waals surface area contributed by atoms with Crippen LogP contribution in [0.2, 0.25) is 0 Å². The van der Waals surface area contributed by atoms with Crippen molar-refractivity contribution in [3.8, 4) is 5.75 Å². The zero-order valence-electron chi connectivity index (χ0n) is 27.0. The van der Waals surface area contributed by atoms with Gasteiger partial charge in [-0.1, -0.05) is 48.5 Å². The minimum absolute atomic E-state index is 0.150. The van der Waals surface area contributed by atoms with Crippen LogP contribution in [0.15, 0.2) is 60.7 Å². The summed E-state index contributed by atoms with van der Waals surface area (Å²) in [6.45, 7) is 7.96. The summed E-state index contributed by atoms with van der Waals surface area (Å²) in [5.41, 5.74) is 18.3. The molecule has 10 heteroatoms. The standard InChI is InChI=1S/C36H45N5O5/c1-21-10-8-11-22(2)28(21)20-31(34(44)39-30(33(38)43)18-25-12-6-5-7-13-25)40-35(45)32-14-9-15-41(32)36(46)29(37)19-27-23(3)16-26(42)17-24(27)4/h5-8,10-13,16-17,29-32,42H,9,14-15,18-20,37H2,1-4H3,(H2,38,43)(H,39,44)(H,40,45). The molecule has 3 aromatic rings. The first-order valence-electron chi connectivity index (χ1n) is 15.7. The number of aryl methyl sites for hydroxylation is 4. The quantitative estimate of drug-likeness (QED) is 0.207. The van der Waals surface area contributed by atoms with Crippen LogP contribution in [0.25, 0.3) is 0 Å². The number of likely N-dealkylation sites (tertiary alicyclic amines) is 1.